The first kappa shape index (κ1) is 28.4. The third-order valence-electron chi connectivity index (χ3n) is 9.43. The number of nitrogens with one attached hydrogen (secondary N) is 1. The number of anilines is 1. The van der Waals surface area contributed by atoms with Gasteiger partial charge in [-0.3, -0.25) is 10.1 Å². The molecular weight excluding hydrogens is 492 g/mol. The fourth-order valence-corrected chi connectivity index (χ4v) is 7.22. The van der Waals surface area contributed by atoms with E-state index in [0.717, 1.165) is 0 Å². The van der Waals surface area contributed by atoms with Gasteiger partial charge in [0.05, 0.1) is 38.7 Å². The van der Waals surface area contributed by atoms with Crippen LogP contribution in [0.5, 0.6) is 11.5 Å². The highest BCUT2D eigenvalue weighted by Gasteiger charge is 2.60. The summed E-state index contributed by atoms with van der Waals surface area (Å²) in [6, 6.07) is 5.03. The number of aliphatic hydroxyl groups is 3. The maximum absolute atomic E-state index is 13.1. The number of β-amino-alcohol motifs (C(OH)–C–C–N with tert-alkyl or cyclic N) is 1. The average Bonchev–Trinajstić information content (AvgIpc) is 3.34. The lowest BCUT2D eigenvalue weighted by molar-refractivity contribution is -0.186. The van der Waals surface area contributed by atoms with E-state index in [-0.39, 0.29) is 30.8 Å². The van der Waals surface area contributed by atoms with Gasteiger partial charge in [0.2, 0.25) is 5.91 Å². The lowest BCUT2D eigenvalue weighted by atomic mass is 9.46. The van der Waals surface area contributed by atoms with Crippen LogP contribution in [-0.4, -0.2) is 84.4 Å². The Morgan fingerprint density at radius 3 is 2.32 bits per heavy atom. The predicted octanol–water partition coefficient (Wildman–Crippen LogP) is 2.79. The topological polar surface area (TPSA) is 138 Å². The summed E-state index contributed by atoms with van der Waals surface area (Å²) in [6.07, 6.45) is 0.802. The number of carbonyl (C=O) groups excluding carboxylic acids is 2. The van der Waals surface area contributed by atoms with Gasteiger partial charge in [-0.15, -0.1) is 0 Å². The van der Waals surface area contributed by atoms with Gasteiger partial charge in [-0.2, -0.15) is 0 Å². The van der Waals surface area contributed by atoms with Gasteiger partial charge in [0.1, 0.15) is 17.6 Å². The molecule has 0 spiro atoms. The zero-order chi connectivity index (χ0) is 27.7. The molecule has 1 saturated heterocycles. The molecule has 38 heavy (non-hydrogen) atoms. The van der Waals surface area contributed by atoms with Crippen LogP contribution >= 0.6 is 0 Å². The van der Waals surface area contributed by atoms with Crippen molar-refractivity contribution in [3.63, 3.8) is 0 Å². The summed E-state index contributed by atoms with van der Waals surface area (Å²) < 4.78 is 16.5. The molecule has 7 unspecified atom stereocenters. The third-order valence-corrected chi connectivity index (χ3v) is 9.43. The SMILES string of the molecule is COc1cc(NC(=O)OC2CCC3(C)C(CC(=O)N4CCC(O)C4)C(O)CCC3C2(C)CO)cc(OC)c1. The zero-order valence-electron chi connectivity index (χ0n) is 22.8. The Labute approximate surface area is 224 Å². The summed E-state index contributed by atoms with van der Waals surface area (Å²) in [5.41, 5.74) is -0.703. The number of hydrogen-bond donors (Lipinski definition) is 4. The standard InChI is InChI=1S/C28H42N2O8/c1-27-9-7-24(38-26(35)29-17-11-19(36-3)13-20(12-17)37-4)28(2,16-31)23(27)6-5-22(33)21(27)14-25(34)30-10-8-18(32)15-30/h11-13,18,21-24,31-33H,5-10,14-16H2,1-4H3,(H,29,35). The fourth-order valence-electron chi connectivity index (χ4n) is 7.22. The van der Waals surface area contributed by atoms with E-state index in [1.165, 1.54) is 14.2 Å². The van der Waals surface area contributed by atoms with Crippen molar-refractivity contribution >= 4 is 17.7 Å². The lowest BCUT2D eigenvalue weighted by Crippen LogP contribution is -2.61. The summed E-state index contributed by atoms with van der Waals surface area (Å²) in [5, 5.41) is 34.3. The molecule has 0 radical (unpaired) electrons. The van der Waals surface area contributed by atoms with Gasteiger partial charge in [0.25, 0.3) is 0 Å². The highest BCUT2D eigenvalue weighted by molar-refractivity contribution is 5.85. The van der Waals surface area contributed by atoms with E-state index in [4.69, 9.17) is 14.2 Å². The van der Waals surface area contributed by atoms with E-state index in [9.17, 15) is 24.9 Å². The normalized spacial score (nSPS) is 34.8. The van der Waals surface area contributed by atoms with Gasteiger partial charge >= 0.3 is 6.09 Å². The van der Waals surface area contributed by atoms with E-state index in [1.54, 1.807) is 23.1 Å². The second-order valence-corrected chi connectivity index (χ2v) is 11.6. The van der Waals surface area contributed by atoms with Crippen LogP contribution in [0.25, 0.3) is 0 Å². The van der Waals surface area contributed by atoms with Crippen LogP contribution in [-0.2, 0) is 9.53 Å². The van der Waals surface area contributed by atoms with Crippen molar-refractivity contribution in [2.75, 3.05) is 39.2 Å². The maximum atomic E-state index is 13.1. The largest absolute Gasteiger partial charge is 0.497 e. The molecule has 1 aromatic rings. The smallest absolute Gasteiger partial charge is 0.411 e. The molecule has 212 valence electrons. The average molecular weight is 535 g/mol. The van der Waals surface area contributed by atoms with Crippen LogP contribution in [0.2, 0.25) is 0 Å². The molecular formula is C28H42N2O8. The number of carbonyl (C=O) groups is 2. The van der Waals surface area contributed by atoms with Crippen LogP contribution in [0.15, 0.2) is 18.2 Å². The fraction of sp³-hybridized carbons (Fsp3) is 0.714. The van der Waals surface area contributed by atoms with Crippen molar-refractivity contribution in [2.24, 2.45) is 22.7 Å². The lowest BCUT2D eigenvalue weighted by Gasteiger charge is -2.60. The van der Waals surface area contributed by atoms with Crippen molar-refractivity contribution in [1.82, 2.24) is 4.90 Å². The molecule has 7 atom stereocenters. The minimum atomic E-state index is -0.748. The molecule has 2 aliphatic carbocycles. The molecule has 1 heterocycles. The second-order valence-electron chi connectivity index (χ2n) is 11.6. The third kappa shape index (κ3) is 5.44. The molecule has 0 bridgehead atoms. The first-order chi connectivity index (χ1) is 18.0. The molecule has 10 heteroatoms. The minimum Gasteiger partial charge on any atom is -0.497 e. The number of amides is 2. The molecule has 10 nitrogen and oxygen atoms in total. The second kappa shape index (κ2) is 11.3. The van der Waals surface area contributed by atoms with Crippen molar-refractivity contribution in [1.29, 1.82) is 0 Å². The van der Waals surface area contributed by atoms with Gasteiger partial charge in [-0.25, -0.2) is 4.79 Å². The van der Waals surface area contributed by atoms with Gasteiger partial charge in [0.15, 0.2) is 0 Å². The van der Waals surface area contributed by atoms with Crippen molar-refractivity contribution in [2.45, 2.75) is 70.7 Å². The van der Waals surface area contributed by atoms with Gasteiger partial charge in [0, 0.05) is 43.1 Å². The number of nitrogens with zero attached hydrogens (tertiary/aromatic N) is 1. The number of fused-ring (bicyclic) bond motifs is 1. The number of rotatable bonds is 7. The Morgan fingerprint density at radius 2 is 1.74 bits per heavy atom. The molecule has 3 aliphatic rings. The summed E-state index contributed by atoms with van der Waals surface area (Å²) in [5.74, 6) is 0.658. The Kier molecular flexibility index (Phi) is 8.44. The van der Waals surface area contributed by atoms with E-state index in [1.807, 2.05) is 6.92 Å². The number of hydrogen-bond acceptors (Lipinski definition) is 8. The zero-order valence-corrected chi connectivity index (χ0v) is 22.8. The first-order valence-electron chi connectivity index (χ1n) is 13.5. The monoisotopic (exact) mass is 534 g/mol. The van der Waals surface area contributed by atoms with E-state index in [2.05, 4.69) is 12.2 Å². The Balaban J connectivity index is 1.49. The van der Waals surface area contributed by atoms with Gasteiger partial charge in [-0.1, -0.05) is 13.8 Å². The number of benzene rings is 1. The number of likely N-dealkylation sites (tertiary alicyclic amines) is 1. The van der Waals surface area contributed by atoms with E-state index in [0.29, 0.717) is 62.4 Å². The molecule has 4 N–H and O–H groups in total. The number of methoxy groups -OCH3 is 2. The molecule has 2 amide bonds. The van der Waals surface area contributed by atoms with Crippen LogP contribution < -0.4 is 14.8 Å². The quantitative estimate of drug-likeness (QED) is 0.419. The van der Waals surface area contributed by atoms with Crippen molar-refractivity contribution < 1.29 is 39.1 Å². The predicted molar refractivity (Wildman–Crippen MR) is 140 cm³/mol. The highest BCUT2D eigenvalue weighted by Crippen LogP contribution is 2.61. The van der Waals surface area contributed by atoms with Crippen molar-refractivity contribution in [3.8, 4) is 11.5 Å². The van der Waals surface area contributed by atoms with Crippen LogP contribution in [0.3, 0.4) is 0 Å². The Morgan fingerprint density at radius 1 is 1.05 bits per heavy atom. The molecule has 4 rings (SSSR count). The maximum Gasteiger partial charge on any atom is 0.411 e. The van der Waals surface area contributed by atoms with Crippen LogP contribution in [0, 0.1) is 22.7 Å². The highest BCUT2D eigenvalue weighted by atomic mass is 16.6. The minimum absolute atomic E-state index is 0.0513. The first-order valence-corrected chi connectivity index (χ1v) is 13.5. The Hall–Kier alpha value is -2.56. The summed E-state index contributed by atoms with van der Waals surface area (Å²) in [7, 11) is 3.05. The molecule has 0 aromatic heterocycles. The van der Waals surface area contributed by atoms with Gasteiger partial charge < -0.3 is 34.4 Å². The number of aliphatic hydroxyl groups excluding tert-OH is 3. The van der Waals surface area contributed by atoms with Crippen LogP contribution in [0.1, 0.15) is 52.4 Å². The summed E-state index contributed by atoms with van der Waals surface area (Å²) >= 11 is 0. The van der Waals surface area contributed by atoms with E-state index >= 15 is 0 Å². The molecule has 1 aromatic carbocycles. The van der Waals surface area contributed by atoms with Crippen molar-refractivity contribution in [3.05, 3.63) is 18.2 Å². The number of ether oxygens (including phenoxy) is 3. The van der Waals surface area contributed by atoms with E-state index < -0.39 is 35.2 Å². The molecule has 3 fully saturated rings. The summed E-state index contributed by atoms with van der Waals surface area (Å²) in [6.45, 7) is 4.72. The molecule has 2 saturated carbocycles. The van der Waals surface area contributed by atoms with Gasteiger partial charge in [-0.05, 0) is 49.4 Å². The van der Waals surface area contributed by atoms with Crippen LogP contribution in [0.4, 0.5) is 10.5 Å². The Bertz CT molecular complexity index is 998. The molecule has 1 aliphatic heterocycles. The summed E-state index contributed by atoms with van der Waals surface area (Å²) in [4.78, 5) is 27.7.